The van der Waals surface area contributed by atoms with Crippen molar-refractivity contribution >= 4 is 23.6 Å². The molecule has 0 aromatic heterocycles. The van der Waals surface area contributed by atoms with Gasteiger partial charge in [0.1, 0.15) is 0 Å². The van der Waals surface area contributed by atoms with Gasteiger partial charge >= 0.3 is 0 Å². The Morgan fingerprint density at radius 2 is 1.07 bits per heavy atom. The molecule has 0 aliphatic carbocycles. The number of nitrogens with zero attached hydrogens (tertiary/aromatic N) is 2. The second-order valence-corrected chi connectivity index (χ2v) is 11.9. The van der Waals surface area contributed by atoms with Crippen molar-refractivity contribution in [2.24, 2.45) is 11.5 Å². The lowest BCUT2D eigenvalue weighted by Gasteiger charge is -2.29. The summed E-state index contributed by atoms with van der Waals surface area (Å²) in [5, 5.41) is 5.47. The minimum Gasteiger partial charge on any atom is -0.356 e. The topological polar surface area (TPSA) is 151 Å². The van der Waals surface area contributed by atoms with Gasteiger partial charge in [-0.15, -0.1) is 0 Å². The lowest BCUT2D eigenvalue weighted by molar-refractivity contribution is -0.134. The van der Waals surface area contributed by atoms with Crippen molar-refractivity contribution in [1.82, 2.24) is 20.4 Å². The number of amides is 4. The average Bonchev–Trinajstić information content (AvgIpc) is 2.91. The predicted molar refractivity (Wildman–Crippen MR) is 163 cm³/mol. The molecule has 0 aliphatic heterocycles. The maximum atomic E-state index is 13.1. The first-order chi connectivity index (χ1) is 19.2. The molecule has 232 valence electrons. The molecule has 1 unspecified atom stereocenters. The fourth-order valence-electron chi connectivity index (χ4n) is 4.09. The molecule has 0 fully saturated rings. The largest absolute Gasteiger partial charge is 0.356 e. The van der Waals surface area contributed by atoms with Crippen LogP contribution in [0.15, 0.2) is 24.3 Å². The van der Waals surface area contributed by atoms with Gasteiger partial charge in [-0.25, -0.2) is 0 Å². The van der Waals surface area contributed by atoms with Gasteiger partial charge in [-0.1, -0.05) is 31.2 Å². The third-order valence-corrected chi connectivity index (χ3v) is 7.14. The molecular weight excluding hydrogens is 520 g/mol. The molecule has 10 nitrogen and oxygen atoms in total. The third kappa shape index (κ3) is 15.6. The fraction of sp³-hybridized carbons (Fsp3) is 0.677. The van der Waals surface area contributed by atoms with Crippen LogP contribution in [-0.2, 0) is 32.3 Å². The molecule has 0 aliphatic rings. The second-order valence-electron chi connectivity index (χ2n) is 11.9. The van der Waals surface area contributed by atoms with Gasteiger partial charge in [0.25, 0.3) is 0 Å². The zero-order chi connectivity index (χ0) is 31.1. The van der Waals surface area contributed by atoms with E-state index in [1.54, 1.807) is 9.80 Å². The maximum Gasteiger partial charge on any atom is 0.223 e. The molecule has 41 heavy (non-hydrogen) atoms. The molecule has 0 bridgehead atoms. The van der Waals surface area contributed by atoms with Crippen LogP contribution in [0, 0.1) is 0 Å². The van der Waals surface area contributed by atoms with Crippen molar-refractivity contribution in [2.75, 3.05) is 26.2 Å². The lowest BCUT2D eigenvalue weighted by Crippen LogP contribution is -2.41. The van der Waals surface area contributed by atoms with Crippen LogP contribution in [0.25, 0.3) is 0 Å². The van der Waals surface area contributed by atoms with E-state index in [9.17, 15) is 19.2 Å². The Bertz CT molecular complexity index is 972. The summed E-state index contributed by atoms with van der Waals surface area (Å²) >= 11 is 0. The Balaban J connectivity index is 2.97. The maximum absolute atomic E-state index is 13.1. The minimum absolute atomic E-state index is 0.0829. The summed E-state index contributed by atoms with van der Waals surface area (Å²) in [5.41, 5.74) is 13.6. The van der Waals surface area contributed by atoms with Crippen molar-refractivity contribution in [2.45, 2.75) is 111 Å². The highest BCUT2D eigenvalue weighted by atomic mass is 16.2. The number of nitrogens with two attached hydrogens (primary N) is 2. The molecule has 1 rings (SSSR count). The molecule has 0 spiro atoms. The Labute approximate surface area is 247 Å². The molecule has 10 heteroatoms. The van der Waals surface area contributed by atoms with Gasteiger partial charge in [0, 0.05) is 76.0 Å². The van der Waals surface area contributed by atoms with Crippen LogP contribution >= 0.6 is 0 Å². The van der Waals surface area contributed by atoms with Gasteiger partial charge in [-0.3, -0.25) is 19.2 Å². The van der Waals surface area contributed by atoms with Crippen LogP contribution in [0.5, 0.6) is 0 Å². The summed E-state index contributed by atoms with van der Waals surface area (Å²) in [6.07, 6.45) is 2.66. The van der Waals surface area contributed by atoms with Crippen molar-refractivity contribution in [3.05, 3.63) is 35.4 Å². The molecule has 0 radical (unpaired) electrons. The quantitative estimate of drug-likeness (QED) is 0.199. The van der Waals surface area contributed by atoms with E-state index in [0.29, 0.717) is 52.1 Å². The first-order valence-electron chi connectivity index (χ1n) is 14.9. The molecule has 1 aromatic carbocycles. The number of nitrogens with one attached hydrogen (secondary N) is 2. The Morgan fingerprint density at radius 3 is 1.41 bits per heavy atom. The van der Waals surface area contributed by atoms with E-state index >= 15 is 0 Å². The fourth-order valence-corrected chi connectivity index (χ4v) is 4.09. The highest BCUT2D eigenvalue weighted by Crippen LogP contribution is 2.17. The van der Waals surface area contributed by atoms with Crippen LogP contribution in [0.2, 0.25) is 0 Å². The van der Waals surface area contributed by atoms with Crippen molar-refractivity contribution < 1.29 is 19.2 Å². The number of carbonyl (C=O) groups excluding carboxylic acids is 4. The number of hydrogen-bond acceptors (Lipinski definition) is 6. The normalized spacial score (nSPS) is 12.8. The molecular formula is C31H54N6O4. The first kappa shape index (κ1) is 36.0. The van der Waals surface area contributed by atoms with Crippen LogP contribution in [0.4, 0.5) is 0 Å². The van der Waals surface area contributed by atoms with Crippen LogP contribution < -0.4 is 22.1 Å². The van der Waals surface area contributed by atoms with E-state index in [1.165, 1.54) is 0 Å². The number of rotatable bonds is 19. The standard InChI is InChI=1S/C31H54N6O4/c1-7-31(6,33)19-21-37(29(41)17-15-27(39)35-9-3)23-25-12-10-24(11-13-25)22-36(20-18-30(4,5)32)28(40)16-14-26(38)34-8-2/h10-13H,7-9,14-23,32-33H2,1-6H3,(H,34,38)(H,35,39). The van der Waals surface area contributed by atoms with E-state index in [2.05, 4.69) is 10.6 Å². The van der Waals surface area contributed by atoms with E-state index in [4.69, 9.17) is 11.5 Å². The molecule has 1 atom stereocenters. The lowest BCUT2D eigenvalue weighted by atomic mass is 9.95. The van der Waals surface area contributed by atoms with Crippen molar-refractivity contribution in [3.8, 4) is 0 Å². The van der Waals surface area contributed by atoms with Crippen LogP contribution in [0.3, 0.4) is 0 Å². The summed E-state index contributed by atoms with van der Waals surface area (Å²) in [6, 6.07) is 7.85. The zero-order valence-electron chi connectivity index (χ0n) is 26.2. The molecule has 1 aromatic rings. The van der Waals surface area contributed by atoms with Crippen molar-refractivity contribution in [3.63, 3.8) is 0 Å². The summed E-state index contributed by atoms with van der Waals surface area (Å²) in [6.45, 7) is 14.4. The van der Waals surface area contributed by atoms with Gasteiger partial charge < -0.3 is 31.9 Å². The Hall–Kier alpha value is -2.98. The predicted octanol–water partition coefficient (Wildman–Crippen LogP) is 2.82. The van der Waals surface area contributed by atoms with Crippen LogP contribution in [-0.4, -0.2) is 70.7 Å². The van der Waals surface area contributed by atoms with Gasteiger partial charge in [0.05, 0.1) is 0 Å². The molecule has 0 heterocycles. The summed E-state index contributed by atoms with van der Waals surface area (Å²) < 4.78 is 0. The van der Waals surface area contributed by atoms with Gasteiger partial charge in [-0.05, 0) is 65.0 Å². The van der Waals surface area contributed by atoms with E-state index < -0.39 is 5.54 Å². The molecule has 0 saturated heterocycles. The number of carbonyl (C=O) groups is 4. The number of benzene rings is 1. The average molecular weight is 575 g/mol. The summed E-state index contributed by atoms with van der Waals surface area (Å²) in [4.78, 5) is 53.4. The SMILES string of the molecule is CCNC(=O)CCC(=O)N(CCC(C)(C)N)Cc1ccc(CN(CCC(C)(N)CC)C(=O)CCC(=O)NCC)cc1. The van der Waals surface area contributed by atoms with Crippen LogP contribution in [0.1, 0.15) is 97.6 Å². The highest BCUT2D eigenvalue weighted by molar-refractivity contribution is 5.84. The monoisotopic (exact) mass is 574 g/mol. The summed E-state index contributed by atoms with van der Waals surface area (Å²) in [7, 11) is 0. The smallest absolute Gasteiger partial charge is 0.223 e. The highest BCUT2D eigenvalue weighted by Gasteiger charge is 2.22. The van der Waals surface area contributed by atoms with Gasteiger partial charge in [0.2, 0.25) is 23.6 Å². The number of hydrogen-bond donors (Lipinski definition) is 4. The van der Waals surface area contributed by atoms with Gasteiger partial charge in [-0.2, -0.15) is 0 Å². The van der Waals surface area contributed by atoms with E-state index in [-0.39, 0.29) is 54.9 Å². The second kappa shape index (κ2) is 17.7. The molecule has 6 N–H and O–H groups in total. The van der Waals surface area contributed by atoms with E-state index in [0.717, 1.165) is 17.5 Å². The first-order valence-corrected chi connectivity index (χ1v) is 14.9. The minimum atomic E-state index is -0.424. The zero-order valence-corrected chi connectivity index (χ0v) is 26.2. The Kier molecular flexibility index (Phi) is 15.6. The summed E-state index contributed by atoms with van der Waals surface area (Å²) in [5.74, 6) is -0.441. The Morgan fingerprint density at radius 1 is 0.683 bits per heavy atom. The van der Waals surface area contributed by atoms with E-state index in [1.807, 2.05) is 65.8 Å². The van der Waals surface area contributed by atoms with Gasteiger partial charge in [0.15, 0.2) is 0 Å². The molecule has 4 amide bonds. The third-order valence-electron chi connectivity index (χ3n) is 7.14. The van der Waals surface area contributed by atoms with Crippen molar-refractivity contribution in [1.29, 1.82) is 0 Å². The molecule has 0 saturated carbocycles.